The van der Waals surface area contributed by atoms with Crippen molar-refractivity contribution in [2.45, 2.75) is 31.8 Å². The van der Waals surface area contributed by atoms with E-state index in [1.165, 1.54) is 0 Å². The van der Waals surface area contributed by atoms with Crippen molar-refractivity contribution in [3.63, 3.8) is 0 Å². The van der Waals surface area contributed by atoms with Crippen LogP contribution in [0.2, 0.25) is 0 Å². The van der Waals surface area contributed by atoms with E-state index in [0.29, 0.717) is 18.9 Å². The van der Waals surface area contributed by atoms with Crippen LogP contribution >= 0.6 is 0 Å². The first-order chi connectivity index (χ1) is 12.2. The van der Waals surface area contributed by atoms with Crippen LogP contribution in [0.5, 0.6) is 0 Å². The molecule has 3 rings (SSSR count). The Balaban J connectivity index is 1.77. The fourth-order valence-electron chi connectivity index (χ4n) is 3.44. The predicted octanol–water partition coefficient (Wildman–Crippen LogP) is 2.78. The number of aliphatic hydroxyl groups excluding tert-OH is 1. The van der Waals surface area contributed by atoms with Gasteiger partial charge in [-0.2, -0.15) is 0 Å². The fourth-order valence-corrected chi connectivity index (χ4v) is 3.44. The van der Waals surface area contributed by atoms with E-state index in [1.807, 2.05) is 48.5 Å². The van der Waals surface area contributed by atoms with E-state index < -0.39 is 0 Å². The molecule has 0 aliphatic carbocycles. The van der Waals surface area contributed by atoms with Crippen LogP contribution in [0.1, 0.15) is 30.6 Å². The second-order valence-electron chi connectivity index (χ2n) is 6.65. The van der Waals surface area contributed by atoms with E-state index >= 15 is 0 Å². The summed E-state index contributed by atoms with van der Waals surface area (Å²) in [7, 11) is 0. The quantitative estimate of drug-likeness (QED) is 0.880. The van der Waals surface area contributed by atoms with Gasteiger partial charge in [0.15, 0.2) is 0 Å². The number of aromatic nitrogens is 1. The number of rotatable bonds is 5. The van der Waals surface area contributed by atoms with Crippen molar-refractivity contribution in [1.82, 2.24) is 15.2 Å². The number of amides is 2. The second kappa shape index (κ2) is 8.12. The standard InChI is InChI=1S/C20H25N3O2/c1-15-10-12-23(19(15)14-24)20(25)22-18(16-7-3-2-4-8-16)13-17-9-5-6-11-21-17/h2-9,11,15,18-19,24H,10,12-14H2,1H3,(H,22,25)/t15-,18-,19+/m1/s1. The third kappa shape index (κ3) is 4.17. The molecular formula is C20H25N3O2. The molecular weight excluding hydrogens is 314 g/mol. The van der Waals surface area contributed by atoms with E-state index in [0.717, 1.165) is 17.7 Å². The maximum atomic E-state index is 12.8. The van der Waals surface area contributed by atoms with Gasteiger partial charge in [0.25, 0.3) is 0 Å². The smallest absolute Gasteiger partial charge is 0.318 e. The summed E-state index contributed by atoms with van der Waals surface area (Å²) in [6, 6.07) is 15.4. The van der Waals surface area contributed by atoms with Crippen molar-refractivity contribution in [3.8, 4) is 0 Å². The lowest BCUT2D eigenvalue weighted by Gasteiger charge is -2.28. The number of likely N-dealkylation sites (tertiary alicyclic amines) is 1. The number of carbonyl (C=O) groups is 1. The molecule has 5 heteroatoms. The molecule has 0 unspecified atom stereocenters. The van der Waals surface area contributed by atoms with E-state index in [-0.39, 0.29) is 24.7 Å². The molecule has 25 heavy (non-hydrogen) atoms. The zero-order valence-corrected chi connectivity index (χ0v) is 14.5. The summed E-state index contributed by atoms with van der Waals surface area (Å²) in [6.07, 6.45) is 3.32. The van der Waals surface area contributed by atoms with Gasteiger partial charge in [0.05, 0.1) is 18.7 Å². The Morgan fingerprint density at radius 2 is 2.04 bits per heavy atom. The molecule has 2 N–H and O–H groups in total. The summed E-state index contributed by atoms with van der Waals surface area (Å²) in [5, 5.41) is 12.8. The maximum Gasteiger partial charge on any atom is 0.318 e. The van der Waals surface area contributed by atoms with Crippen LogP contribution in [-0.4, -0.2) is 40.2 Å². The van der Waals surface area contributed by atoms with Gasteiger partial charge in [-0.25, -0.2) is 4.79 Å². The Bertz CT molecular complexity index is 678. The largest absolute Gasteiger partial charge is 0.394 e. The summed E-state index contributed by atoms with van der Waals surface area (Å²) in [6.45, 7) is 2.77. The van der Waals surface area contributed by atoms with Crippen molar-refractivity contribution in [2.75, 3.05) is 13.2 Å². The summed E-state index contributed by atoms with van der Waals surface area (Å²) in [5.74, 6) is 0.321. The van der Waals surface area contributed by atoms with E-state index in [9.17, 15) is 9.90 Å². The van der Waals surface area contributed by atoms with Gasteiger partial charge >= 0.3 is 6.03 Å². The molecule has 0 saturated carbocycles. The predicted molar refractivity (Wildman–Crippen MR) is 97.0 cm³/mol. The third-order valence-corrected chi connectivity index (χ3v) is 4.97. The Kier molecular flexibility index (Phi) is 5.66. The number of pyridine rings is 1. The van der Waals surface area contributed by atoms with Gasteiger partial charge in [-0.05, 0) is 30.0 Å². The SMILES string of the molecule is C[C@@H]1CCN(C(=O)N[C@H](Cc2ccccn2)c2ccccc2)[C@H]1CO. The zero-order chi connectivity index (χ0) is 17.6. The maximum absolute atomic E-state index is 12.8. The molecule has 2 amide bonds. The van der Waals surface area contributed by atoms with Gasteiger partial charge in [-0.1, -0.05) is 43.3 Å². The average Bonchev–Trinajstić information content (AvgIpc) is 3.03. The first-order valence-corrected chi connectivity index (χ1v) is 8.82. The van der Waals surface area contributed by atoms with E-state index in [1.54, 1.807) is 11.1 Å². The Hall–Kier alpha value is -2.40. The number of hydrogen-bond donors (Lipinski definition) is 2. The highest BCUT2D eigenvalue weighted by Gasteiger charge is 2.34. The number of nitrogens with one attached hydrogen (secondary N) is 1. The molecule has 3 atom stereocenters. The molecule has 1 aliphatic rings. The number of hydrogen-bond acceptors (Lipinski definition) is 3. The van der Waals surface area contributed by atoms with Crippen molar-refractivity contribution in [1.29, 1.82) is 0 Å². The monoisotopic (exact) mass is 339 g/mol. The van der Waals surface area contributed by atoms with Gasteiger partial charge in [-0.3, -0.25) is 4.98 Å². The first-order valence-electron chi connectivity index (χ1n) is 8.82. The summed E-state index contributed by atoms with van der Waals surface area (Å²) < 4.78 is 0. The summed E-state index contributed by atoms with van der Waals surface area (Å²) in [5.41, 5.74) is 1.99. The van der Waals surface area contributed by atoms with Gasteiger partial charge in [-0.15, -0.1) is 0 Å². The molecule has 1 aliphatic heterocycles. The molecule has 0 spiro atoms. The van der Waals surface area contributed by atoms with E-state index in [4.69, 9.17) is 0 Å². The minimum Gasteiger partial charge on any atom is -0.394 e. The molecule has 0 radical (unpaired) electrons. The molecule has 0 bridgehead atoms. The zero-order valence-electron chi connectivity index (χ0n) is 14.5. The molecule has 132 valence electrons. The Labute approximate surface area is 148 Å². The van der Waals surface area contributed by atoms with Crippen LogP contribution < -0.4 is 5.32 Å². The highest BCUT2D eigenvalue weighted by molar-refractivity contribution is 5.75. The number of carbonyl (C=O) groups excluding carboxylic acids is 1. The Morgan fingerprint density at radius 1 is 1.28 bits per heavy atom. The summed E-state index contributed by atoms with van der Waals surface area (Å²) in [4.78, 5) is 19.0. The van der Waals surface area contributed by atoms with Crippen LogP contribution in [0.4, 0.5) is 4.79 Å². The molecule has 1 fully saturated rings. The molecule has 2 aromatic rings. The second-order valence-corrected chi connectivity index (χ2v) is 6.65. The normalized spacial score (nSPS) is 21.1. The van der Waals surface area contributed by atoms with Gasteiger partial charge in [0, 0.05) is 24.9 Å². The lowest BCUT2D eigenvalue weighted by atomic mass is 10.0. The van der Waals surface area contributed by atoms with Crippen LogP contribution in [0.25, 0.3) is 0 Å². The van der Waals surface area contributed by atoms with Crippen LogP contribution in [0.15, 0.2) is 54.7 Å². The van der Waals surface area contributed by atoms with E-state index in [2.05, 4.69) is 17.2 Å². The van der Waals surface area contributed by atoms with Crippen LogP contribution in [0, 0.1) is 5.92 Å². The van der Waals surface area contributed by atoms with Crippen LogP contribution in [0.3, 0.4) is 0 Å². The van der Waals surface area contributed by atoms with Crippen molar-refractivity contribution in [2.24, 2.45) is 5.92 Å². The van der Waals surface area contributed by atoms with Gasteiger partial charge in [0.1, 0.15) is 0 Å². The molecule has 2 heterocycles. The minimum absolute atomic E-state index is 0.00479. The number of nitrogens with zero attached hydrogens (tertiary/aromatic N) is 2. The topological polar surface area (TPSA) is 65.5 Å². The molecule has 1 aromatic heterocycles. The highest BCUT2D eigenvalue weighted by atomic mass is 16.3. The van der Waals surface area contributed by atoms with Crippen LogP contribution in [-0.2, 0) is 6.42 Å². The highest BCUT2D eigenvalue weighted by Crippen LogP contribution is 2.25. The lowest BCUT2D eigenvalue weighted by molar-refractivity contribution is 0.141. The molecule has 1 saturated heterocycles. The molecule has 1 aromatic carbocycles. The minimum atomic E-state index is -0.154. The average molecular weight is 339 g/mol. The fraction of sp³-hybridized carbons (Fsp3) is 0.400. The summed E-state index contributed by atoms with van der Waals surface area (Å²) >= 11 is 0. The van der Waals surface area contributed by atoms with Crippen molar-refractivity contribution >= 4 is 6.03 Å². The Morgan fingerprint density at radius 3 is 2.72 bits per heavy atom. The van der Waals surface area contributed by atoms with Gasteiger partial charge < -0.3 is 15.3 Å². The van der Waals surface area contributed by atoms with Crippen molar-refractivity contribution < 1.29 is 9.90 Å². The van der Waals surface area contributed by atoms with Gasteiger partial charge in [0.2, 0.25) is 0 Å². The lowest BCUT2D eigenvalue weighted by Crippen LogP contribution is -2.47. The third-order valence-electron chi connectivity index (χ3n) is 4.97. The number of benzene rings is 1. The molecule has 5 nitrogen and oxygen atoms in total. The number of aliphatic hydroxyl groups is 1. The van der Waals surface area contributed by atoms with Crippen molar-refractivity contribution in [3.05, 3.63) is 66.0 Å². The number of urea groups is 1. The first kappa shape index (κ1) is 17.4.